The van der Waals surface area contributed by atoms with Gasteiger partial charge in [-0.15, -0.1) is 0 Å². The number of epoxide rings is 1. The first-order valence-electron chi connectivity index (χ1n) is 13.1. The molecule has 208 valence electrons. The van der Waals surface area contributed by atoms with E-state index in [2.05, 4.69) is 0 Å². The molecule has 38 heavy (non-hydrogen) atoms. The van der Waals surface area contributed by atoms with E-state index in [9.17, 15) is 29.4 Å². The fourth-order valence-corrected chi connectivity index (χ4v) is 8.86. The molecule has 2 aliphatic carbocycles. The van der Waals surface area contributed by atoms with E-state index in [1.54, 1.807) is 26.8 Å². The number of ketones is 1. The maximum Gasteiger partial charge on any atom is 0.339 e. The summed E-state index contributed by atoms with van der Waals surface area (Å²) >= 11 is 0. The molecule has 2 saturated carbocycles. The molecule has 2 N–H and O–H groups in total. The van der Waals surface area contributed by atoms with Gasteiger partial charge in [-0.2, -0.15) is 0 Å². The van der Waals surface area contributed by atoms with Gasteiger partial charge in [0.1, 0.15) is 23.6 Å². The van der Waals surface area contributed by atoms with Crippen LogP contribution in [-0.4, -0.2) is 57.3 Å². The number of carboxylic acid groups (broad SMARTS) is 1. The fraction of sp³-hybridized carbons (Fsp3) is 0.714. The van der Waals surface area contributed by atoms with Crippen LogP contribution < -0.4 is 0 Å². The van der Waals surface area contributed by atoms with Gasteiger partial charge in [0.25, 0.3) is 0 Å². The predicted octanol–water partition coefficient (Wildman–Crippen LogP) is 3.21. The number of aliphatic hydroxyl groups is 1. The minimum Gasteiger partial charge on any atom is -0.481 e. The van der Waals surface area contributed by atoms with Crippen LogP contribution in [0, 0.1) is 28.1 Å². The minimum atomic E-state index is -1.39. The first-order valence-corrected chi connectivity index (χ1v) is 13.1. The highest BCUT2D eigenvalue weighted by atomic mass is 16.7. The molecule has 2 aliphatic heterocycles. The summed E-state index contributed by atoms with van der Waals surface area (Å²) in [5, 5.41) is 21.1. The lowest BCUT2D eigenvalue weighted by atomic mass is 9.37. The molecule has 0 unspecified atom stereocenters. The van der Waals surface area contributed by atoms with Gasteiger partial charge < -0.3 is 28.8 Å². The van der Waals surface area contributed by atoms with Gasteiger partial charge in [-0.3, -0.25) is 14.4 Å². The Labute approximate surface area is 221 Å². The summed E-state index contributed by atoms with van der Waals surface area (Å²) in [7, 11) is 0. The van der Waals surface area contributed by atoms with Crippen LogP contribution in [0.5, 0.6) is 0 Å². The normalized spacial score (nSPS) is 42.7. The number of carbonyl (C=O) groups excluding carboxylic acids is 3. The summed E-state index contributed by atoms with van der Waals surface area (Å²) in [5.41, 5.74) is -5.12. The van der Waals surface area contributed by atoms with E-state index in [1.807, 2.05) is 13.8 Å². The monoisotopic (exact) mass is 532 g/mol. The number of hydrogen-bond donors (Lipinski definition) is 2. The molecular weight excluding hydrogens is 496 g/mol. The SMILES string of the molecule is CC(=O)O[C@H](CC(=O)O)[C@@]1(C)[C@H]2CC[C@@]3(C)[C@H](c4ccoc4)OC(=O)[C@H]4O[C@]43[C@]2(C)C(=O)C[C@H]1C(C)(C)O. The second-order valence-electron chi connectivity index (χ2n) is 12.7. The van der Waals surface area contributed by atoms with Crippen LogP contribution in [0.3, 0.4) is 0 Å². The molecule has 2 saturated heterocycles. The van der Waals surface area contributed by atoms with Gasteiger partial charge >= 0.3 is 17.9 Å². The Balaban J connectivity index is 1.70. The van der Waals surface area contributed by atoms with Gasteiger partial charge in [0.15, 0.2) is 6.10 Å². The zero-order valence-corrected chi connectivity index (χ0v) is 22.6. The summed E-state index contributed by atoms with van der Waals surface area (Å²) in [5.74, 6) is -3.82. The summed E-state index contributed by atoms with van der Waals surface area (Å²) in [6, 6.07) is 1.73. The highest BCUT2D eigenvalue weighted by Crippen LogP contribution is 2.78. The maximum atomic E-state index is 14.3. The third-order valence-corrected chi connectivity index (χ3v) is 10.4. The van der Waals surface area contributed by atoms with E-state index < -0.39 is 81.9 Å². The van der Waals surface area contributed by atoms with Crippen LogP contribution in [0.1, 0.15) is 78.9 Å². The zero-order valence-electron chi connectivity index (χ0n) is 22.6. The Morgan fingerprint density at radius 3 is 2.45 bits per heavy atom. The van der Waals surface area contributed by atoms with Crippen molar-refractivity contribution in [1.82, 2.24) is 0 Å². The Hall–Kier alpha value is -2.72. The second kappa shape index (κ2) is 8.14. The number of Topliss-reactive ketones (excluding diaryl/α,β-unsaturated/α-hetero) is 1. The summed E-state index contributed by atoms with van der Waals surface area (Å²) in [6.07, 6.45) is 0.567. The molecule has 3 heterocycles. The van der Waals surface area contributed by atoms with E-state index in [1.165, 1.54) is 19.5 Å². The Morgan fingerprint density at radius 2 is 1.89 bits per heavy atom. The lowest BCUT2D eigenvalue weighted by Crippen LogP contribution is -2.73. The Kier molecular flexibility index (Phi) is 5.76. The third kappa shape index (κ3) is 3.25. The van der Waals surface area contributed by atoms with Crippen LogP contribution in [0.25, 0.3) is 0 Å². The van der Waals surface area contributed by atoms with Gasteiger partial charge in [-0.05, 0) is 45.6 Å². The molecule has 1 aromatic heterocycles. The Morgan fingerprint density at radius 1 is 1.21 bits per heavy atom. The third-order valence-electron chi connectivity index (χ3n) is 10.4. The lowest BCUT2D eigenvalue weighted by Gasteiger charge is -2.66. The van der Waals surface area contributed by atoms with E-state index in [-0.39, 0.29) is 12.2 Å². The van der Waals surface area contributed by atoms with Crippen molar-refractivity contribution in [3.63, 3.8) is 0 Å². The van der Waals surface area contributed by atoms with Gasteiger partial charge in [-0.1, -0.05) is 13.8 Å². The van der Waals surface area contributed by atoms with Crippen molar-refractivity contribution >= 4 is 23.7 Å². The van der Waals surface area contributed by atoms with Crippen molar-refractivity contribution in [2.45, 2.75) is 96.7 Å². The molecular formula is C28H36O10. The predicted molar refractivity (Wildman–Crippen MR) is 129 cm³/mol. The number of furan rings is 1. The molecule has 9 atom stereocenters. The summed E-state index contributed by atoms with van der Waals surface area (Å²) < 4.78 is 23.1. The first-order chi connectivity index (χ1) is 17.5. The highest BCUT2D eigenvalue weighted by Gasteiger charge is 2.88. The number of aliphatic carboxylic acids is 1. The molecule has 0 aromatic carbocycles. The van der Waals surface area contributed by atoms with Gasteiger partial charge in [0, 0.05) is 35.7 Å². The summed E-state index contributed by atoms with van der Waals surface area (Å²) in [4.78, 5) is 51.7. The van der Waals surface area contributed by atoms with Crippen molar-refractivity contribution in [2.24, 2.45) is 28.1 Å². The number of hydrogen-bond acceptors (Lipinski definition) is 9. The van der Waals surface area contributed by atoms with E-state index in [4.69, 9.17) is 18.6 Å². The van der Waals surface area contributed by atoms with Crippen LogP contribution >= 0.6 is 0 Å². The van der Waals surface area contributed by atoms with Crippen LogP contribution in [-0.2, 0) is 33.4 Å². The molecule has 0 bridgehead atoms. The lowest BCUT2D eigenvalue weighted by molar-refractivity contribution is -0.240. The average Bonchev–Trinajstić information content (AvgIpc) is 3.37. The van der Waals surface area contributed by atoms with E-state index in [0.29, 0.717) is 18.4 Å². The standard InChI is InChI=1S/C28H36O10/c1-14(29)36-19(12-20(31)32)26(5)16-7-9-25(4)21(15-8-10-35-13-15)37-23(33)22-28(25,38-22)27(16,6)18(30)11-17(26)24(2,3)34/h8,10,13,16-17,19,21-22,34H,7,9,11-12H2,1-6H3,(H,31,32)/t16-,17+,19-,21+,22-,25+,26+,27+,28-/m1/s1. The fourth-order valence-electron chi connectivity index (χ4n) is 8.86. The minimum absolute atomic E-state index is 0.0935. The van der Waals surface area contributed by atoms with Crippen molar-refractivity contribution in [3.05, 3.63) is 24.2 Å². The number of carboxylic acids is 1. The van der Waals surface area contributed by atoms with Crippen molar-refractivity contribution < 1.29 is 48.0 Å². The van der Waals surface area contributed by atoms with Gasteiger partial charge in [0.05, 0.1) is 30.0 Å². The van der Waals surface area contributed by atoms with Crippen molar-refractivity contribution in [2.75, 3.05) is 0 Å². The smallest absolute Gasteiger partial charge is 0.339 e. The van der Waals surface area contributed by atoms with Crippen LogP contribution in [0.2, 0.25) is 0 Å². The molecule has 10 nitrogen and oxygen atoms in total. The molecule has 1 spiro atoms. The quantitative estimate of drug-likeness (QED) is 0.412. The number of esters is 2. The van der Waals surface area contributed by atoms with Crippen LogP contribution in [0.4, 0.5) is 0 Å². The average molecular weight is 533 g/mol. The number of fused-ring (bicyclic) bond motifs is 1. The Bertz CT molecular complexity index is 1170. The number of cyclic esters (lactones) is 1. The highest BCUT2D eigenvalue weighted by molar-refractivity contribution is 5.93. The van der Waals surface area contributed by atoms with Crippen molar-refractivity contribution in [1.29, 1.82) is 0 Å². The van der Waals surface area contributed by atoms with Gasteiger partial charge in [-0.25, -0.2) is 4.79 Å². The molecule has 4 aliphatic rings. The molecule has 0 radical (unpaired) electrons. The largest absolute Gasteiger partial charge is 0.481 e. The first kappa shape index (κ1) is 26.9. The molecule has 5 rings (SSSR count). The topological polar surface area (TPSA) is 153 Å². The number of carbonyl (C=O) groups is 4. The van der Waals surface area contributed by atoms with Gasteiger partial charge in [0.2, 0.25) is 0 Å². The molecule has 4 fully saturated rings. The number of ether oxygens (including phenoxy) is 3. The molecule has 1 aromatic rings. The maximum absolute atomic E-state index is 14.3. The van der Waals surface area contributed by atoms with E-state index >= 15 is 0 Å². The zero-order chi connectivity index (χ0) is 28.1. The molecule has 0 amide bonds. The summed E-state index contributed by atoms with van der Waals surface area (Å²) in [6.45, 7) is 9.97. The van der Waals surface area contributed by atoms with Crippen molar-refractivity contribution in [3.8, 4) is 0 Å². The van der Waals surface area contributed by atoms with E-state index in [0.717, 1.165) is 0 Å². The second-order valence-corrected chi connectivity index (χ2v) is 12.7. The number of rotatable bonds is 6. The van der Waals surface area contributed by atoms with Crippen LogP contribution in [0.15, 0.2) is 23.0 Å². The molecule has 10 heteroatoms.